The van der Waals surface area contributed by atoms with Gasteiger partial charge in [-0.15, -0.1) is 0 Å². The summed E-state index contributed by atoms with van der Waals surface area (Å²) in [4.78, 5) is 27.9. The molecule has 0 spiro atoms. The molecular weight excluding hydrogens is 422 g/mol. The molecule has 30 heavy (non-hydrogen) atoms. The molecule has 0 aliphatic heterocycles. The molecule has 1 aromatic carbocycles. The number of nitrogens with zero attached hydrogens (tertiary/aromatic N) is 4. The lowest BCUT2D eigenvalue weighted by Gasteiger charge is -2.10. The zero-order valence-electron chi connectivity index (χ0n) is 17.1. The van der Waals surface area contributed by atoms with E-state index in [1.807, 2.05) is 39.2 Å². The fourth-order valence-corrected chi connectivity index (χ4v) is 3.58. The highest BCUT2D eigenvalue weighted by Gasteiger charge is 2.14. The molecule has 3 N–H and O–H groups in total. The fraction of sp³-hybridized carbons (Fsp3) is 0.300. The number of anilines is 3. The summed E-state index contributed by atoms with van der Waals surface area (Å²) in [5.74, 6) is 0.364. The molecule has 2 aromatic heterocycles. The Kier molecular flexibility index (Phi) is 7.69. The molecule has 8 nitrogen and oxygen atoms in total. The molecule has 3 rings (SSSR count). The zero-order chi connectivity index (χ0) is 21.5. The number of para-hydroxylation sites is 1. The van der Waals surface area contributed by atoms with Crippen LogP contribution in [0.3, 0.4) is 0 Å². The Hall–Kier alpha value is -2.59. The number of hydrogen-bond acceptors (Lipinski definition) is 8. The number of likely N-dealkylation sites (N-methyl/N-ethyl adjacent to an activating group) is 1. The van der Waals surface area contributed by atoms with Crippen LogP contribution in [0.4, 0.5) is 16.6 Å². The predicted molar refractivity (Wildman–Crippen MR) is 122 cm³/mol. The molecule has 3 aromatic rings. The largest absolute Gasteiger partial charge is 0.320 e. The number of nitrogens with one attached hydrogen (secondary N) is 3. The standard InChI is InChI=1S/C20H24ClN7OS/c1-13-5-4-6-15(21)18(13)27-19(29)16-11-23-20(30-16)26-17-9-14(24-12-25-17)10-22-7-8-28(2)3/h4-6,9,11-12,22H,7-8,10H2,1-3H3,(H,27,29)(H,23,24,25,26). The Balaban J connectivity index is 1.60. The Labute approximate surface area is 184 Å². The van der Waals surface area contributed by atoms with Gasteiger partial charge in [-0.3, -0.25) is 4.79 Å². The van der Waals surface area contributed by atoms with E-state index in [1.54, 1.807) is 6.07 Å². The van der Waals surface area contributed by atoms with Crippen LogP contribution in [0.15, 0.2) is 36.8 Å². The molecule has 0 bridgehead atoms. The molecule has 0 fully saturated rings. The van der Waals surface area contributed by atoms with Gasteiger partial charge in [0, 0.05) is 25.7 Å². The predicted octanol–water partition coefficient (Wildman–Crippen LogP) is 3.54. The van der Waals surface area contributed by atoms with Gasteiger partial charge in [-0.25, -0.2) is 15.0 Å². The number of carbonyl (C=O) groups is 1. The van der Waals surface area contributed by atoms with Gasteiger partial charge in [0.05, 0.1) is 22.6 Å². The van der Waals surface area contributed by atoms with E-state index >= 15 is 0 Å². The van der Waals surface area contributed by atoms with E-state index < -0.39 is 0 Å². The second kappa shape index (κ2) is 10.4. The number of aryl methyl sites for hydroxylation is 1. The summed E-state index contributed by atoms with van der Waals surface area (Å²) in [6, 6.07) is 7.34. The number of benzene rings is 1. The molecule has 158 valence electrons. The second-order valence-electron chi connectivity index (χ2n) is 6.92. The summed E-state index contributed by atoms with van der Waals surface area (Å²) in [6.07, 6.45) is 3.03. The molecule has 1 amide bonds. The van der Waals surface area contributed by atoms with Gasteiger partial charge in [0.2, 0.25) is 0 Å². The van der Waals surface area contributed by atoms with Crippen LogP contribution in [0.25, 0.3) is 0 Å². The number of carbonyl (C=O) groups excluding carboxylic acids is 1. The summed E-state index contributed by atoms with van der Waals surface area (Å²) >= 11 is 7.43. The van der Waals surface area contributed by atoms with Crippen molar-refractivity contribution < 1.29 is 4.79 Å². The molecule has 0 atom stereocenters. The molecule has 2 heterocycles. The van der Waals surface area contributed by atoms with Crippen LogP contribution in [0.5, 0.6) is 0 Å². The molecule has 10 heteroatoms. The van der Waals surface area contributed by atoms with Gasteiger partial charge < -0.3 is 20.9 Å². The summed E-state index contributed by atoms with van der Waals surface area (Å²) in [5.41, 5.74) is 2.37. The highest BCUT2D eigenvalue weighted by molar-refractivity contribution is 7.17. The van der Waals surface area contributed by atoms with Gasteiger partial charge in [-0.1, -0.05) is 35.1 Å². The minimum Gasteiger partial charge on any atom is -0.320 e. The van der Waals surface area contributed by atoms with Crippen LogP contribution in [0, 0.1) is 6.92 Å². The SMILES string of the molecule is Cc1cccc(Cl)c1NC(=O)c1cnc(Nc2cc(CNCCN(C)C)ncn2)s1. The van der Waals surface area contributed by atoms with Crippen molar-refractivity contribution in [3.05, 3.63) is 57.9 Å². The summed E-state index contributed by atoms with van der Waals surface area (Å²) < 4.78 is 0. The van der Waals surface area contributed by atoms with Crippen molar-refractivity contribution in [3.63, 3.8) is 0 Å². The molecule has 0 saturated carbocycles. The molecular formula is C20H24ClN7OS. The fourth-order valence-electron chi connectivity index (χ4n) is 2.59. The second-order valence-corrected chi connectivity index (χ2v) is 8.35. The molecule has 0 aliphatic rings. The smallest absolute Gasteiger partial charge is 0.267 e. The number of aromatic nitrogens is 3. The summed E-state index contributed by atoms with van der Waals surface area (Å²) in [7, 11) is 4.07. The van der Waals surface area contributed by atoms with Crippen LogP contribution in [-0.2, 0) is 6.54 Å². The van der Waals surface area contributed by atoms with Gasteiger partial charge in [-0.05, 0) is 32.6 Å². The van der Waals surface area contributed by atoms with E-state index in [9.17, 15) is 4.79 Å². The third-order valence-electron chi connectivity index (χ3n) is 4.19. The van der Waals surface area contributed by atoms with Crippen molar-refractivity contribution in [1.29, 1.82) is 0 Å². The lowest BCUT2D eigenvalue weighted by atomic mass is 10.2. The zero-order valence-corrected chi connectivity index (χ0v) is 18.6. The van der Waals surface area contributed by atoms with Gasteiger partial charge in [-0.2, -0.15) is 0 Å². The van der Waals surface area contributed by atoms with E-state index in [0.717, 1.165) is 24.3 Å². The number of hydrogen-bond donors (Lipinski definition) is 3. The average Bonchev–Trinajstić information content (AvgIpc) is 3.17. The normalized spacial score (nSPS) is 11.0. The van der Waals surface area contributed by atoms with Crippen molar-refractivity contribution in [2.24, 2.45) is 0 Å². The van der Waals surface area contributed by atoms with E-state index in [2.05, 4.69) is 35.8 Å². The molecule has 0 aliphatic carbocycles. The van der Waals surface area contributed by atoms with Crippen LogP contribution in [-0.4, -0.2) is 52.9 Å². The number of amides is 1. The first-order valence-corrected chi connectivity index (χ1v) is 10.6. The molecule has 0 saturated heterocycles. The summed E-state index contributed by atoms with van der Waals surface area (Å²) in [5, 5.41) is 10.4. The monoisotopic (exact) mass is 445 g/mol. The highest BCUT2D eigenvalue weighted by atomic mass is 35.5. The van der Waals surface area contributed by atoms with Gasteiger partial charge in [0.15, 0.2) is 5.13 Å². The van der Waals surface area contributed by atoms with Crippen molar-refractivity contribution in [1.82, 2.24) is 25.2 Å². The van der Waals surface area contributed by atoms with Crippen molar-refractivity contribution in [3.8, 4) is 0 Å². The van der Waals surface area contributed by atoms with Crippen molar-refractivity contribution in [2.75, 3.05) is 37.8 Å². The maximum Gasteiger partial charge on any atom is 0.267 e. The van der Waals surface area contributed by atoms with E-state index in [-0.39, 0.29) is 5.91 Å². The van der Waals surface area contributed by atoms with Gasteiger partial charge >= 0.3 is 0 Å². The van der Waals surface area contributed by atoms with Gasteiger partial charge in [0.25, 0.3) is 5.91 Å². The van der Waals surface area contributed by atoms with Gasteiger partial charge in [0.1, 0.15) is 17.0 Å². The Morgan fingerprint density at radius 1 is 1.23 bits per heavy atom. The van der Waals surface area contributed by atoms with Crippen LogP contribution in [0.2, 0.25) is 5.02 Å². The Morgan fingerprint density at radius 3 is 2.83 bits per heavy atom. The van der Waals surface area contributed by atoms with E-state index in [4.69, 9.17) is 11.6 Å². The van der Waals surface area contributed by atoms with Crippen LogP contribution < -0.4 is 16.0 Å². The molecule has 0 radical (unpaired) electrons. The topological polar surface area (TPSA) is 95.1 Å². The van der Waals surface area contributed by atoms with E-state index in [0.29, 0.717) is 33.1 Å². The third-order valence-corrected chi connectivity index (χ3v) is 5.42. The van der Waals surface area contributed by atoms with Crippen molar-refractivity contribution in [2.45, 2.75) is 13.5 Å². The minimum atomic E-state index is -0.259. The summed E-state index contributed by atoms with van der Waals surface area (Å²) in [6.45, 7) is 4.36. The van der Waals surface area contributed by atoms with Crippen molar-refractivity contribution >= 4 is 45.5 Å². The number of halogens is 1. The number of rotatable bonds is 9. The Bertz CT molecular complexity index is 988. The average molecular weight is 446 g/mol. The lowest BCUT2D eigenvalue weighted by Crippen LogP contribution is -2.26. The Morgan fingerprint density at radius 2 is 2.07 bits per heavy atom. The van der Waals surface area contributed by atoms with E-state index in [1.165, 1.54) is 23.9 Å². The highest BCUT2D eigenvalue weighted by Crippen LogP contribution is 2.27. The van der Waals surface area contributed by atoms with Crippen LogP contribution >= 0.6 is 22.9 Å². The quantitative estimate of drug-likeness (QED) is 0.433. The first-order chi connectivity index (χ1) is 14.4. The number of thiazole rings is 1. The van der Waals surface area contributed by atoms with Crippen LogP contribution in [0.1, 0.15) is 20.9 Å². The lowest BCUT2D eigenvalue weighted by molar-refractivity contribution is 0.103. The first kappa shape index (κ1) is 22.1. The maximum atomic E-state index is 12.6. The third kappa shape index (κ3) is 6.20. The maximum absolute atomic E-state index is 12.6. The molecule has 0 unspecified atom stereocenters. The minimum absolute atomic E-state index is 0.259. The first-order valence-electron chi connectivity index (χ1n) is 9.38.